The average Bonchev–Trinajstić information content (AvgIpc) is 2.89. The van der Waals surface area contributed by atoms with Crippen molar-refractivity contribution >= 4 is 11.9 Å². The topological polar surface area (TPSA) is 92.2 Å². The normalized spacial score (nSPS) is 24.3. The van der Waals surface area contributed by atoms with Crippen LogP contribution in [0.4, 0.5) is 8.78 Å². The lowest BCUT2D eigenvalue weighted by Gasteiger charge is -2.02. The molecule has 0 saturated heterocycles. The largest absolute Gasteiger partial charge is 0.481 e. The van der Waals surface area contributed by atoms with E-state index in [1.54, 1.807) is 0 Å². The molecule has 1 saturated carbocycles. The van der Waals surface area contributed by atoms with Crippen molar-refractivity contribution in [3.63, 3.8) is 0 Å². The molecule has 2 rings (SSSR count). The number of hydrogen-bond donors (Lipinski definition) is 2. The highest BCUT2D eigenvalue weighted by Gasteiger charge is 2.72. The summed E-state index contributed by atoms with van der Waals surface area (Å²) < 4.78 is 26.0. The van der Waals surface area contributed by atoms with Gasteiger partial charge in [-0.2, -0.15) is 0 Å². The zero-order valence-corrected chi connectivity index (χ0v) is 9.01. The van der Waals surface area contributed by atoms with E-state index in [-0.39, 0.29) is 5.82 Å². The summed E-state index contributed by atoms with van der Waals surface area (Å²) in [5, 5.41) is 10.7. The van der Waals surface area contributed by atoms with Crippen molar-refractivity contribution in [2.24, 2.45) is 11.8 Å². The molecule has 1 fully saturated rings. The van der Waals surface area contributed by atoms with E-state index >= 15 is 0 Å². The summed E-state index contributed by atoms with van der Waals surface area (Å²) in [5.41, 5.74) is 0. The molecule has 96 valence electrons. The van der Waals surface area contributed by atoms with Gasteiger partial charge >= 0.3 is 5.97 Å². The molecule has 0 aromatic carbocycles. The molecule has 1 aromatic rings. The minimum absolute atomic E-state index is 0.145. The molecule has 1 amide bonds. The van der Waals surface area contributed by atoms with Crippen molar-refractivity contribution in [3.8, 4) is 0 Å². The van der Waals surface area contributed by atoms with Crippen molar-refractivity contribution in [1.29, 1.82) is 0 Å². The van der Waals surface area contributed by atoms with Gasteiger partial charge in [0.2, 0.25) is 5.82 Å². The van der Waals surface area contributed by atoms with Crippen LogP contribution in [0.1, 0.15) is 10.6 Å². The van der Waals surface area contributed by atoms with Gasteiger partial charge in [-0.25, -0.2) is 18.7 Å². The van der Waals surface area contributed by atoms with Crippen LogP contribution in [-0.4, -0.2) is 39.4 Å². The second kappa shape index (κ2) is 4.28. The molecular formula is C10H9F2N3O3. The Balaban J connectivity index is 1.91. The highest BCUT2D eigenvalue weighted by Crippen LogP contribution is 2.54. The number of halogens is 2. The maximum Gasteiger partial charge on any atom is 0.313 e. The van der Waals surface area contributed by atoms with Gasteiger partial charge in [0, 0.05) is 18.9 Å². The minimum Gasteiger partial charge on any atom is -0.481 e. The third-order valence-corrected chi connectivity index (χ3v) is 2.72. The predicted octanol–water partition coefficient (Wildman–Crippen LogP) is 0.172. The number of nitrogens with zero attached hydrogens (tertiary/aromatic N) is 2. The summed E-state index contributed by atoms with van der Waals surface area (Å²) in [4.78, 5) is 29.2. The Morgan fingerprint density at radius 1 is 1.39 bits per heavy atom. The van der Waals surface area contributed by atoms with E-state index in [0.29, 0.717) is 0 Å². The first-order chi connectivity index (χ1) is 8.44. The van der Waals surface area contributed by atoms with Gasteiger partial charge in [-0.05, 0) is 6.07 Å². The number of rotatable bonds is 4. The summed E-state index contributed by atoms with van der Waals surface area (Å²) in [6.45, 7) is -0.416. The lowest BCUT2D eigenvalue weighted by Crippen LogP contribution is -2.28. The van der Waals surface area contributed by atoms with E-state index in [2.05, 4.69) is 15.3 Å². The van der Waals surface area contributed by atoms with Crippen molar-refractivity contribution in [3.05, 3.63) is 24.3 Å². The summed E-state index contributed by atoms with van der Waals surface area (Å²) in [6, 6.07) is 1.51. The van der Waals surface area contributed by atoms with Gasteiger partial charge in [0.15, 0.2) is 0 Å². The van der Waals surface area contributed by atoms with Crippen LogP contribution in [0, 0.1) is 11.8 Å². The minimum atomic E-state index is -3.27. The van der Waals surface area contributed by atoms with Crippen molar-refractivity contribution in [2.45, 2.75) is 5.92 Å². The third kappa shape index (κ3) is 2.13. The van der Waals surface area contributed by atoms with Crippen LogP contribution >= 0.6 is 0 Å². The predicted molar refractivity (Wildman–Crippen MR) is 53.9 cm³/mol. The molecule has 1 aromatic heterocycles. The van der Waals surface area contributed by atoms with E-state index < -0.39 is 36.2 Å². The van der Waals surface area contributed by atoms with E-state index in [1.165, 1.54) is 18.5 Å². The molecular weight excluding hydrogens is 248 g/mol. The maximum atomic E-state index is 13.0. The SMILES string of the molecule is O=C(NC[C@H]1[C@@H](C(=O)O)C1(F)F)c1ncccn1. The number of carboxylic acids is 1. The molecule has 2 atom stereocenters. The van der Waals surface area contributed by atoms with Gasteiger partial charge in [0.25, 0.3) is 11.8 Å². The molecule has 0 aliphatic heterocycles. The second-order valence-corrected chi connectivity index (χ2v) is 3.88. The van der Waals surface area contributed by atoms with Crippen molar-refractivity contribution in [1.82, 2.24) is 15.3 Å². The van der Waals surface area contributed by atoms with Gasteiger partial charge in [-0.15, -0.1) is 0 Å². The smallest absolute Gasteiger partial charge is 0.313 e. The zero-order chi connectivity index (χ0) is 13.3. The number of alkyl halides is 2. The molecule has 1 aliphatic carbocycles. The van der Waals surface area contributed by atoms with Gasteiger partial charge in [0.1, 0.15) is 5.92 Å². The summed E-state index contributed by atoms with van der Waals surface area (Å²) in [5.74, 6) is -8.78. The number of amides is 1. The van der Waals surface area contributed by atoms with Crippen LogP contribution in [0.15, 0.2) is 18.5 Å². The number of carbonyl (C=O) groups is 2. The highest BCUT2D eigenvalue weighted by molar-refractivity contribution is 5.90. The van der Waals surface area contributed by atoms with Crippen LogP contribution in [0.2, 0.25) is 0 Å². The standard InChI is InChI=1S/C10H9F2N3O3/c11-10(12)5(6(10)9(17)18)4-15-8(16)7-13-2-1-3-14-7/h1-3,5-6H,4H2,(H,15,16)(H,17,18)/t5-,6-/m0/s1. The first-order valence-electron chi connectivity index (χ1n) is 5.10. The number of carbonyl (C=O) groups excluding carboxylic acids is 1. The first kappa shape index (κ1) is 12.3. The number of aromatic nitrogens is 2. The summed E-state index contributed by atoms with van der Waals surface area (Å²) >= 11 is 0. The van der Waals surface area contributed by atoms with Gasteiger partial charge in [-0.1, -0.05) is 0 Å². The van der Waals surface area contributed by atoms with Crippen molar-refractivity contribution < 1.29 is 23.5 Å². The van der Waals surface area contributed by atoms with Crippen molar-refractivity contribution in [2.75, 3.05) is 6.54 Å². The van der Waals surface area contributed by atoms with E-state index in [0.717, 1.165) is 0 Å². The molecule has 6 nitrogen and oxygen atoms in total. The maximum absolute atomic E-state index is 13.0. The molecule has 0 radical (unpaired) electrons. The van der Waals surface area contributed by atoms with Crippen LogP contribution < -0.4 is 5.32 Å². The molecule has 8 heteroatoms. The number of hydrogen-bond acceptors (Lipinski definition) is 4. The van der Waals surface area contributed by atoms with Crippen LogP contribution in [-0.2, 0) is 4.79 Å². The van der Waals surface area contributed by atoms with Gasteiger partial charge in [0.05, 0.1) is 5.92 Å². The number of nitrogens with one attached hydrogen (secondary N) is 1. The Morgan fingerprint density at radius 3 is 2.50 bits per heavy atom. The fraction of sp³-hybridized carbons (Fsp3) is 0.400. The van der Waals surface area contributed by atoms with E-state index in [9.17, 15) is 18.4 Å². The molecule has 0 unspecified atom stereocenters. The summed E-state index contributed by atoms with van der Waals surface area (Å²) in [7, 11) is 0. The highest BCUT2D eigenvalue weighted by atomic mass is 19.3. The Hall–Kier alpha value is -2.12. The lowest BCUT2D eigenvalue weighted by molar-refractivity contribution is -0.140. The molecule has 1 aliphatic rings. The second-order valence-electron chi connectivity index (χ2n) is 3.88. The number of aliphatic carboxylic acids is 1. The fourth-order valence-corrected chi connectivity index (χ4v) is 1.68. The quantitative estimate of drug-likeness (QED) is 0.802. The van der Waals surface area contributed by atoms with E-state index in [1.807, 2.05) is 0 Å². The fourth-order valence-electron chi connectivity index (χ4n) is 1.68. The Labute approximate surface area is 100 Å². The first-order valence-corrected chi connectivity index (χ1v) is 5.10. The Morgan fingerprint density at radius 2 is 2.00 bits per heavy atom. The third-order valence-electron chi connectivity index (χ3n) is 2.72. The average molecular weight is 257 g/mol. The summed E-state index contributed by atoms with van der Waals surface area (Å²) in [6.07, 6.45) is 2.68. The molecule has 1 heterocycles. The molecule has 0 spiro atoms. The zero-order valence-electron chi connectivity index (χ0n) is 9.01. The van der Waals surface area contributed by atoms with Gasteiger partial charge in [-0.3, -0.25) is 9.59 Å². The number of carboxylic acid groups (broad SMARTS) is 1. The monoisotopic (exact) mass is 257 g/mol. The lowest BCUT2D eigenvalue weighted by atomic mass is 10.3. The van der Waals surface area contributed by atoms with Crippen LogP contribution in [0.25, 0.3) is 0 Å². The Bertz CT molecular complexity index is 481. The van der Waals surface area contributed by atoms with Crippen LogP contribution in [0.5, 0.6) is 0 Å². The molecule has 2 N–H and O–H groups in total. The molecule has 18 heavy (non-hydrogen) atoms. The van der Waals surface area contributed by atoms with E-state index in [4.69, 9.17) is 5.11 Å². The molecule has 0 bridgehead atoms. The van der Waals surface area contributed by atoms with Crippen LogP contribution in [0.3, 0.4) is 0 Å². The van der Waals surface area contributed by atoms with Gasteiger partial charge < -0.3 is 10.4 Å². The Kier molecular flexibility index (Phi) is 2.93.